The highest BCUT2D eigenvalue weighted by molar-refractivity contribution is 7.92. The van der Waals surface area contributed by atoms with Crippen molar-refractivity contribution in [1.29, 1.82) is 5.26 Å². The van der Waals surface area contributed by atoms with Gasteiger partial charge in [-0.1, -0.05) is 0 Å². The summed E-state index contributed by atoms with van der Waals surface area (Å²) >= 11 is 0. The van der Waals surface area contributed by atoms with Gasteiger partial charge in [-0.15, -0.1) is 0 Å². The monoisotopic (exact) mass is 341 g/mol. The summed E-state index contributed by atoms with van der Waals surface area (Å²) in [5.41, 5.74) is -1.41. The van der Waals surface area contributed by atoms with Crippen molar-refractivity contribution in [2.75, 3.05) is 4.72 Å². The Balaban J connectivity index is 2.49. The van der Waals surface area contributed by atoms with Crippen LogP contribution in [0, 0.1) is 18.3 Å². The molecule has 0 atom stereocenters. The second kappa shape index (κ2) is 5.89. The number of nitrogens with zero attached hydrogens (tertiary/aromatic N) is 2. The Hall–Kier alpha value is -2.60. The third-order valence-corrected chi connectivity index (χ3v) is 4.34. The van der Waals surface area contributed by atoms with Crippen LogP contribution in [-0.4, -0.2) is 13.4 Å². The molecule has 0 aliphatic carbocycles. The van der Waals surface area contributed by atoms with Crippen LogP contribution in [0.4, 0.5) is 18.9 Å². The third kappa shape index (κ3) is 3.60. The number of hydrogen-bond acceptors (Lipinski definition) is 4. The number of aryl methyl sites for hydroxylation is 1. The lowest BCUT2D eigenvalue weighted by atomic mass is 10.1. The minimum absolute atomic E-state index is 0.158. The summed E-state index contributed by atoms with van der Waals surface area (Å²) in [4.78, 5) is 3.30. The van der Waals surface area contributed by atoms with Crippen LogP contribution in [0.1, 0.15) is 16.8 Å². The van der Waals surface area contributed by atoms with Crippen LogP contribution in [0.2, 0.25) is 0 Å². The van der Waals surface area contributed by atoms with E-state index >= 15 is 0 Å². The van der Waals surface area contributed by atoms with E-state index in [2.05, 4.69) is 9.71 Å². The maximum Gasteiger partial charge on any atom is 0.417 e. The Bertz CT molecular complexity index is 887. The molecule has 120 valence electrons. The van der Waals surface area contributed by atoms with Gasteiger partial charge in [0.15, 0.2) is 0 Å². The van der Waals surface area contributed by atoms with Gasteiger partial charge in [0.05, 0.1) is 33.5 Å². The molecule has 23 heavy (non-hydrogen) atoms. The minimum Gasteiger partial charge on any atom is -0.278 e. The maximum absolute atomic E-state index is 12.9. The first-order valence-electron chi connectivity index (χ1n) is 6.21. The molecule has 1 aromatic carbocycles. The molecular formula is C14H10F3N3O2S. The van der Waals surface area contributed by atoms with E-state index in [4.69, 9.17) is 5.26 Å². The van der Waals surface area contributed by atoms with Crippen LogP contribution in [0.5, 0.6) is 0 Å². The Morgan fingerprint density at radius 3 is 2.52 bits per heavy atom. The topological polar surface area (TPSA) is 82.8 Å². The van der Waals surface area contributed by atoms with E-state index < -0.39 is 32.2 Å². The number of anilines is 1. The standard InChI is InChI=1S/C14H10F3N3O2S/c1-9-13(3-2-6-19-9)20-23(21,22)11-5-4-10(8-18)12(7-11)14(15,16)17/h2-7,20H,1H3. The van der Waals surface area contributed by atoms with Crippen LogP contribution in [-0.2, 0) is 16.2 Å². The smallest absolute Gasteiger partial charge is 0.278 e. The second-order valence-corrected chi connectivity index (χ2v) is 6.24. The van der Waals surface area contributed by atoms with Crippen LogP contribution >= 0.6 is 0 Å². The Labute approximate surface area is 130 Å². The Morgan fingerprint density at radius 2 is 1.96 bits per heavy atom. The molecule has 0 aliphatic rings. The normalized spacial score (nSPS) is 11.8. The highest BCUT2D eigenvalue weighted by Crippen LogP contribution is 2.33. The van der Waals surface area contributed by atoms with Crippen LogP contribution in [0.25, 0.3) is 0 Å². The fourth-order valence-corrected chi connectivity index (χ4v) is 2.96. The fourth-order valence-electron chi connectivity index (χ4n) is 1.82. The number of pyridine rings is 1. The average Bonchev–Trinajstić information content (AvgIpc) is 2.48. The highest BCUT2D eigenvalue weighted by Gasteiger charge is 2.35. The number of aromatic nitrogens is 1. The van der Waals surface area contributed by atoms with Crippen molar-refractivity contribution in [3.63, 3.8) is 0 Å². The molecule has 0 unspecified atom stereocenters. The van der Waals surface area contributed by atoms with Gasteiger partial charge in [0.2, 0.25) is 0 Å². The van der Waals surface area contributed by atoms with Crippen molar-refractivity contribution in [3.05, 3.63) is 53.3 Å². The van der Waals surface area contributed by atoms with E-state index in [0.29, 0.717) is 11.8 Å². The molecule has 0 bridgehead atoms. The molecule has 0 saturated carbocycles. The zero-order chi connectivity index (χ0) is 17.3. The van der Waals surface area contributed by atoms with E-state index in [-0.39, 0.29) is 5.69 Å². The van der Waals surface area contributed by atoms with Crippen LogP contribution in [0.15, 0.2) is 41.4 Å². The lowest BCUT2D eigenvalue weighted by Gasteiger charge is -2.13. The summed E-state index contributed by atoms with van der Waals surface area (Å²) in [6, 6.07) is 6.53. The van der Waals surface area contributed by atoms with Crippen molar-refractivity contribution in [3.8, 4) is 6.07 Å². The number of rotatable bonds is 3. The Morgan fingerprint density at radius 1 is 1.26 bits per heavy atom. The summed E-state index contributed by atoms with van der Waals surface area (Å²) in [7, 11) is -4.24. The molecule has 0 amide bonds. The molecule has 0 aliphatic heterocycles. The number of halogens is 3. The first-order chi connectivity index (χ1) is 10.6. The minimum atomic E-state index is -4.83. The van der Waals surface area contributed by atoms with Gasteiger partial charge in [-0.2, -0.15) is 18.4 Å². The Kier molecular flexibility index (Phi) is 4.29. The molecule has 1 heterocycles. The SMILES string of the molecule is Cc1ncccc1NS(=O)(=O)c1ccc(C#N)c(C(F)(F)F)c1. The van der Waals surface area contributed by atoms with Crippen molar-refractivity contribution in [2.45, 2.75) is 18.0 Å². The molecule has 5 nitrogen and oxygen atoms in total. The van der Waals surface area contributed by atoms with Gasteiger partial charge in [0.1, 0.15) is 0 Å². The summed E-state index contributed by atoms with van der Waals surface area (Å²) in [5.74, 6) is 0. The van der Waals surface area contributed by atoms with E-state index in [1.54, 1.807) is 6.92 Å². The van der Waals surface area contributed by atoms with Gasteiger partial charge in [0.25, 0.3) is 10.0 Å². The van der Waals surface area contributed by atoms with Crippen molar-refractivity contribution in [1.82, 2.24) is 4.98 Å². The first-order valence-corrected chi connectivity index (χ1v) is 7.69. The quantitative estimate of drug-likeness (QED) is 0.930. The largest absolute Gasteiger partial charge is 0.417 e. The summed E-state index contributed by atoms with van der Waals surface area (Å²) in [6.45, 7) is 1.55. The van der Waals surface area contributed by atoms with Gasteiger partial charge in [0, 0.05) is 6.20 Å². The third-order valence-electron chi connectivity index (χ3n) is 2.98. The van der Waals surface area contributed by atoms with Crippen molar-refractivity contribution in [2.24, 2.45) is 0 Å². The van der Waals surface area contributed by atoms with Crippen LogP contribution < -0.4 is 4.72 Å². The number of nitrogens with one attached hydrogen (secondary N) is 1. The summed E-state index contributed by atoms with van der Waals surface area (Å²) < 4.78 is 65.4. The van der Waals surface area contributed by atoms with Crippen LogP contribution in [0.3, 0.4) is 0 Å². The fraction of sp³-hybridized carbons (Fsp3) is 0.143. The molecule has 2 rings (SSSR count). The number of sulfonamides is 1. The van der Waals surface area contributed by atoms with Crippen molar-refractivity contribution >= 4 is 15.7 Å². The molecule has 0 radical (unpaired) electrons. The molecular weight excluding hydrogens is 331 g/mol. The average molecular weight is 341 g/mol. The number of benzene rings is 1. The molecule has 0 fully saturated rings. The molecule has 1 N–H and O–H groups in total. The molecule has 1 aromatic heterocycles. The molecule has 0 spiro atoms. The zero-order valence-corrected chi connectivity index (χ0v) is 12.5. The first kappa shape index (κ1) is 16.8. The highest BCUT2D eigenvalue weighted by atomic mass is 32.2. The van der Waals surface area contributed by atoms with E-state index in [1.165, 1.54) is 24.4 Å². The molecule has 0 saturated heterocycles. The predicted molar refractivity (Wildman–Crippen MR) is 75.9 cm³/mol. The predicted octanol–water partition coefficient (Wildman–Crippen LogP) is 3.08. The zero-order valence-electron chi connectivity index (χ0n) is 11.7. The van der Waals surface area contributed by atoms with Gasteiger partial charge in [-0.05, 0) is 37.3 Å². The van der Waals surface area contributed by atoms with E-state index in [1.807, 2.05) is 0 Å². The molecule has 2 aromatic rings. The van der Waals surface area contributed by atoms with Crippen molar-refractivity contribution < 1.29 is 21.6 Å². The van der Waals surface area contributed by atoms with Gasteiger partial charge in [-0.3, -0.25) is 9.71 Å². The molecule has 9 heteroatoms. The van der Waals surface area contributed by atoms with Gasteiger partial charge >= 0.3 is 6.18 Å². The lowest BCUT2D eigenvalue weighted by molar-refractivity contribution is -0.137. The number of nitriles is 1. The van der Waals surface area contributed by atoms with E-state index in [9.17, 15) is 21.6 Å². The number of hydrogen-bond donors (Lipinski definition) is 1. The van der Waals surface area contributed by atoms with Gasteiger partial charge < -0.3 is 0 Å². The lowest BCUT2D eigenvalue weighted by Crippen LogP contribution is -2.16. The second-order valence-electron chi connectivity index (χ2n) is 4.56. The number of alkyl halides is 3. The summed E-state index contributed by atoms with van der Waals surface area (Å²) in [6.07, 6.45) is -3.38. The maximum atomic E-state index is 12.9. The van der Waals surface area contributed by atoms with E-state index in [0.717, 1.165) is 12.1 Å². The van der Waals surface area contributed by atoms with Gasteiger partial charge in [-0.25, -0.2) is 8.42 Å². The summed E-state index contributed by atoms with van der Waals surface area (Å²) in [5, 5.41) is 8.72.